The van der Waals surface area contributed by atoms with Gasteiger partial charge in [-0.3, -0.25) is 0 Å². The highest BCUT2D eigenvalue weighted by molar-refractivity contribution is 9.10. The van der Waals surface area contributed by atoms with Crippen LogP contribution in [0.25, 0.3) is 0 Å². The first kappa shape index (κ1) is 14.8. The maximum Gasteiger partial charge on any atom is 0.118 e. The van der Waals surface area contributed by atoms with E-state index in [1.165, 1.54) is 0 Å². The summed E-state index contributed by atoms with van der Waals surface area (Å²) in [7, 11) is 1.66. The molecule has 104 valence electrons. The molecule has 0 saturated heterocycles. The van der Waals surface area contributed by atoms with E-state index in [2.05, 4.69) is 21.2 Å². The van der Waals surface area contributed by atoms with Gasteiger partial charge in [-0.25, -0.2) is 0 Å². The second-order valence-corrected chi connectivity index (χ2v) is 5.61. The molecule has 0 aromatic heterocycles. The zero-order chi connectivity index (χ0) is 14.5. The van der Waals surface area contributed by atoms with E-state index in [9.17, 15) is 0 Å². The normalized spacial score (nSPS) is 10.1. The fourth-order valence-electron chi connectivity index (χ4n) is 1.82. The van der Waals surface area contributed by atoms with Crippen molar-refractivity contribution in [3.8, 4) is 5.75 Å². The molecule has 2 aromatic rings. The van der Waals surface area contributed by atoms with Gasteiger partial charge in [0.05, 0.1) is 7.11 Å². The molecule has 0 aliphatic carbocycles. The van der Waals surface area contributed by atoms with Crippen LogP contribution in [0.4, 0.5) is 5.69 Å². The molecule has 0 unspecified atom stereocenters. The van der Waals surface area contributed by atoms with E-state index >= 15 is 0 Å². The SMILES string of the molecule is COc1ccc(CNc2cc(Br)ccc2C(N)=S)cc1. The van der Waals surface area contributed by atoms with Crippen molar-refractivity contribution in [2.45, 2.75) is 6.54 Å². The van der Waals surface area contributed by atoms with Gasteiger partial charge in [0.2, 0.25) is 0 Å². The van der Waals surface area contributed by atoms with Gasteiger partial charge < -0.3 is 15.8 Å². The monoisotopic (exact) mass is 350 g/mol. The zero-order valence-electron chi connectivity index (χ0n) is 11.0. The van der Waals surface area contributed by atoms with Gasteiger partial charge >= 0.3 is 0 Å². The van der Waals surface area contributed by atoms with Crippen molar-refractivity contribution in [2.75, 3.05) is 12.4 Å². The maximum atomic E-state index is 5.73. The van der Waals surface area contributed by atoms with Crippen molar-refractivity contribution in [2.24, 2.45) is 5.73 Å². The van der Waals surface area contributed by atoms with Crippen LogP contribution in [0.2, 0.25) is 0 Å². The molecule has 0 spiro atoms. The summed E-state index contributed by atoms with van der Waals surface area (Å²) in [4.78, 5) is 0.384. The Morgan fingerprint density at radius 1 is 1.25 bits per heavy atom. The summed E-state index contributed by atoms with van der Waals surface area (Å²) < 4.78 is 6.12. The van der Waals surface area contributed by atoms with E-state index in [0.29, 0.717) is 11.5 Å². The van der Waals surface area contributed by atoms with Crippen LogP contribution in [-0.4, -0.2) is 12.1 Å². The highest BCUT2D eigenvalue weighted by atomic mass is 79.9. The van der Waals surface area contributed by atoms with Crippen LogP contribution in [-0.2, 0) is 6.54 Å². The van der Waals surface area contributed by atoms with Crippen molar-refractivity contribution >= 4 is 38.8 Å². The molecular formula is C15H15BrN2OS. The Bertz CT molecular complexity index is 614. The van der Waals surface area contributed by atoms with Gasteiger partial charge in [-0.1, -0.05) is 40.3 Å². The third-order valence-electron chi connectivity index (χ3n) is 2.89. The summed E-state index contributed by atoms with van der Waals surface area (Å²) in [5, 5.41) is 3.35. The van der Waals surface area contributed by atoms with Crippen LogP contribution < -0.4 is 15.8 Å². The van der Waals surface area contributed by atoms with Crippen LogP contribution in [0.5, 0.6) is 5.75 Å². The van der Waals surface area contributed by atoms with Crippen molar-refractivity contribution < 1.29 is 4.74 Å². The Labute approximate surface area is 132 Å². The van der Waals surface area contributed by atoms with E-state index in [-0.39, 0.29) is 0 Å². The predicted molar refractivity (Wildman–Crippen MR) is 90.4 cm³/mol. The van der Waals surface area contributed by atoms with Gasteiger partial charge in [-0.05, 0) is 35.9 Å². The summed E-state index contributed by atoms with van der Waals surface area (Å²) in [6.07, 6.45) is 0. The summed E-state index contributed by atoms with van der Waals surface area (Å²) in [5.41, 5.74) is 8.65. The number of benzene rings is 2. The first-order chi connectivity index (χ1) is 9.60. The van der Waals surface area contributed by atoms with Crippen molar-refractivity contribution in [3.63, 3.8) is 0 Å². The molecule has 0 atom stereocenters. The van der Waals surface area contributed by atoms with Crippen LogP contribution in [0, 0.1) is 0 Å². The molecule has 20 heavy (non-hydrogen) atoms. The van der Waals surface area contributed by atoms with E-state index in [4.69, 9.17) is 22.7 Å². The minimum absolute atomic E-state index is 0.384. The van der Waals surface area contributed by atoms with Crippen molar-refractivity contribution in [1.29, 1.82) is 0 Å². The standard InChI is InChI=1S/C15H15BrN2OS/c1-19-12-5-2-10(3-6-12)9-18-14-8-11(16)4-7-13(14)15(17)20/h2-8,18H,9H2,1H3,(H2,17,20). The van der Waals surface area contributed by atoms with Crippen molar-refractivity contribution in [3.05, 3.63) is 58.1 Å². The third kappa shape index (κ3) is 3.71. The van der Waals surface area contributed by atoms with Gasteiger partial charge in [0.1, 0.15) is 10.7 Å². The molecule has 5 heteroatoms. The Balaban J connectivity index is 2.13. The Morgan fingerprint density at radius 2 is 1.95 bits per heavy atom. The van der Waals surface area contributed by atoms with Gasteiger partial charge in [0.15, 0.2) is 0 Å². The average molecular weight is 351 g/mol. The van der Waals surface area contributed by atoms with Crippen molar-refractivity contribution in [1.82, 2.24) is 0 Å². The number of nitrogens with one attached hydrogen (secondary N) is 1. The van der Waals surface area contributed by atoms with Gasteiger partial charge in [0.25, 0.3) is 0 Å². The third-order valence-corrected chi connectivity index (χ3v) is 3.60. The molecule has 0 amide bonds. The first-order valence-corrected chi connectivity index (χ1v) is 7.26. The van der Waals surface area contributed by atoms with Crippen LogP contribution >= 0.6 is 28.1 Å². The highest BCUT2D eigenvalue weighted by Gasteiger charge is 2.05. The molecule has 2 aromatic carbocycles. The number of hydrogen-bond acceptors (Lipinski definition) is 3. The molecule has 0 heterocycles. The number of methoxy groups -OCH3 is 1. The topological polar surface area (TPSA) is 47.3 Å². The molecular weight excluding hydrogens is 336 g/mol. The molecule has 2 rings (SSSR count). The van der Waals surface area contributed by atoms with Crippen LogP contribution in [0.3, 0.4) is 0 Å². The van der Waals surface area contributed by atoms with Crippen LogP contribution in [0.1, 0.15) is 11.1 Å². The van der Waals surface area contributed by atoms with E-state index in [0.717, 1.165) is 27.0 Å². The highest BCUT2D eigenvalue weighted by Crippen LogP contribution is 2.22. The second kappa shape index (κ2) is 6.72. The van der Waals surface area contributed by atoms with Gasteiger partial charge in [-0.2, -0.15) is 0 Å². The predicted octanol–water partition coefficient (Wildman–Crippen LogP) is 3.70. The van der Waals surface area contributed by atoms with Crippen LogP contribution in [0.15, 0.2) is 46.9 Å². The summed E-state index contributed by atoms with van der Waals surface area (Å²) in [6, 6.07) is 13.7. The number of nitrogens with two attached hydrogens (primary N) is 1. The summed E-state index contributed by atoms with van der Waals surface area (Å²) >= 11 is 8.51. The lowest BCUT2D eigenvalue weighted by Crippen LogP contribution is -2.13. The number of hydrogen-bond donors (Lipinski definition) is 2. The minimum atomic E-state index is 0.384. The lowest BCUT2D eigenvalue weighted by molar-refractivity contribution is 0.414. The molecule has 0 saturated carbocycles. The molecule has 0 aliphatic rings. The number of rotatable bonds is 5. The molecule has 0 bridgehead atoms. The number of halogens is 1. The number of thiocarbonyl (C=S) groups is 1. The molecule has 0 fully saturated rings. The Morgan fingerprint density at radius 3 is 2.55 bits per heavy atom. The fourth-order valence-corrected chi connectivity index (χ4v) is 2.36. The second-order valence-electron chi connectivity index (χ2n) is 4.26. The van der Waals surface area contributed by atoms with E-state index in [1.54, 1.807) is 7.11 Å². The smallest absolute Gasteiger partial charge is 0.118 e. The lowest BCUT2D eigenvalue weighted by Gasteiger charge is -2.12. The zero-order valence-corrected chi connectivity index (χ0v) is 13.4. The number of ether oxygens (including phenoxy) is 1. The largest absolute Gasteiger partial charge is 0.497 e. The minimum Gasteiger partial charge on any atom is -0.497 e. The molecule has 3 N–H and O–H groups in total. The van der Waals surface area contributed by atoms with E-state index < -0.39 is 0 Å². The first-order valence-electron chi connectivity index (χ1n) is 6.06. The molecule has 0 radical (unpaired) electrons. The number of anilines is 1. The van der Waals surface area contributed by atoms with Gasteiger partial charge in [0, 0.05) is 22.3 Å². The summed E-state index contributed by atoms with van der Waals surface area (Å²) in [6.45, 7) is 0.691. The fraction of sp³-hybridized carbons (Fsp3) is 0.133. The average Bonchev–Trinajstić information content (AvgIpc) is 2.45. The molecule has 0 aliphatic heterocycles. The molecule has 3 nitrogen and oxygen atoms in total. The Hall–Kier alpha value is -1.59. The summed E-state index contributed by atoms with van der Waals surface area (Å²) in [5.74, 6) is 0.847. The Kier molecular flexibility index (Phi) is 4.98. The van der Waals surface area contributed by atoms with E-state index in [1.807, 2.05) is 42.5 Å². The van der Waals surface area contributed by atoms with Gasteiger partial charge in [-0.15, -0.1) is 0 Å². The lowest BCUT2D eigenvalue weighted by atomic mass is 10.1. The maximum absolute atomic E-state index is 5.73. The quantitative estimate of drug-likeness (QED) is 0.807.